The van der Waals surface area contributed by atoms with Crippen molar-refractivity contribution < 1.29 is 14.3 Å². The van der Waals surface area contributed by atoms with Gasteiger partial charge in [-0.3, -0.25) is 0 Å². The van der Waals surface area contributed by atoms with Crippen LogP contribution < -0.4 is 0 Å². The van der Waals surface area contributed by atoms with E-state index in [1.54, 1.807) is 23.6 Å². The molecule has 2 rings (SSSR count). The molecule has 1 heterocycles. The molecule has 6 heteroatoms. The van der Waals surface area contributed by atoms with Crippen molar-refractivity contribution in [1.29, 1.82) is 0 Å². The maximum Gasteiger partial charge on any atom is 0.345 e. The number of hydrogen-bond donors (Lipinski definition) is 1. The minimum Gasteiger partial charge on any atom is -0.477 e. The number of carboxylic acids is 1. The number of halogens is 2. The van der Waals surface area contributed by atoms with Crippen LogP contribution in [0.3, 0.4) is 0 Å². The highest BCUT2D eigenvalue weighted by molar-refractivity contribution is 7.98. The SMILES string of the molecule is O=C(O)c1cc(SCc2cccc(Cl)c2F)cs1. The van der Waals surface area contributed by atoms with Crippen molar-refractivity contribution in [2.45, 2.75) is 10.6 Å². The lowest BCUT2D eigenvalue weighted by Gasteiger charge is -2.03. The summed E-state index contributed by atoms with van der Waals surface area (Å²) in [6.45, 7) is 0. The average molecular weight is 303 g/mol. The number of carboxylic acid groups (broad SMARTS) is 1. The second-order valence-electron chi connectivity index (χ2n) is 3.45. The molecule has 1 aromatic carbocycles. The van der Waals surface area contributed by atoms with Crippen LogP contribution in [0.5, 0.6) is 0 Å². The Bertz CT molecular complexity index is 583. The number of thioether (sulfide) groups is 1. The highest BCUT2D eigenvalue weighted by Gasteiger charge is 2.09. The topological polar surface area (TPSA) is 37.3 Å². The van der Waals surface area contributed by atoms with E-state index >= 15 is 0 Å². The van der Waals surface area contributed by atoms with Crippen LogP contribution in [0.2, 0.25) is 5.02 Å². The van der Waals surface area contributed by atoms with E-state index in [9.17, 15) is 9.18 Å². The maximum absolute atomic E-state index is 13.6. The predicted molar refractivity (Wildman–Crippen MR) is 72.2 cm³/mol. The van der Waals surface area contributed by atoms with Crippen LogP contribution in [0.25, 0.3) is 0 Å². The summed E-state index contributed by atoms with van der Waals surface area (Å²) in [6, 6.07) is 6.44. The molecule has 0 atom stereocenters. The summed E-state index contributed by atoms with van der Waals surface area (Å²) >= 11 is 8.22. The third kappa shape index (κ3) is 3.04. The van der Waals surface area contributed by atoms with Crippen LogP contribution >= 0.6 is 34.7 Å². The standard InChI is InChI=1S/C12H8ClFO2S2/c13-9-3-1-2-7(11(9)14)5-17-8-4-10(12(15)16)18-6-8/h1-4,6H,5H2,(H,15,16). The van der Waals surface area contributed by atoms with Gasteiger partial charge in [-0.1, -0.05) is 23.7 Å². The fraction of sp³-hybridized carbons (Fsp3) is 0.0833. The van der Waals surface area contributed by atoms with Crippen LogP contribution in [0, 0.1) is 5.82 Å². The van der Waals surface area contributed by atoms with Gasteiger partial charge in [0.25, 0.3) is 0 Å². The zero-order valence-corrected chi connectivity index (χ0v) is 11.4. The van der Waals surface area contributed by atoms with Crippen molar-refractivity contribution in [3.05, 3.63) is 50.9 Å². The highest BCUT2D eigenvalue weighted by atomic mass is 35.5. The molecule has 0 amide bonds. The Morgan fingerprint density at radius 1 is 1.50 bits per heavy atom. The molecule has 1 aromatic heterocycles. The maximum atomic E-state index is 13.6. The van der Waals surface area contributed by atoms with Crippen molar-refractivity contribution in [2.24, 2.45) is 0 Å². The highest BCUT2D eigenvalue weighted by Crippen LogP contribution is 2.29. The second-order valence-corrected chi connectivity index (χ2v) is 5.82. The monoisotopic (exact) mass is 302 g/mol. The van der Waals surface area contributed by atoms with Crippen LogP contribution in [0.1, 0.15) is 15.2 Å². The van der Waals surface area contributed by atoms with Crippen LogP contribution in [-0.4, -0.2) is 11.1 Å². The van der Waals surface area contributed by atoms with Gasteiger partial charge in [0.2, 0.25) is 0 Å². The molecule has 0 saturated carbocycles. The first-order valence-electron chi connectivity index (χ1n) is 4.95. The summed E-state index contributed by atoms with van der Waals surface area (Å²) in [5, 5.41) is 10.6. The third-order valence-corrected chi connectivity index (χ3v) is 4.60. The van der Waals surface area contributed by atoms with Gasteiger partial charge < -0.3 is 5.11 Å². The van der Waals surface area contributed by atoms with Gasteiger partial charge in [-0.05, 0) is 17.7 Å². The molecule has 1 N–H and O–H groups in total. The van der Waals surface area contributed by atoms with E-state index in [-0.39, 0.29) is 9.90 Å². The number of thiophene rings is 1. The Kier molecular flexibility index (Phi) is 4.27. The molecule has 0 fully saturated rings. The van der Waals surface area contributed by atoms with E-state index in [2.05, 4.69) is 0 Å². The van der Waals surface area contributed by atoms with Crippen LogP contribution in [0.15, 0.2) is 34.5 Å². The minimum absolute atomic E-state index is 0.102. The lowest BCUT2D eigenvalue weighted by atomic mass is 10.2. The molecule has 2 nitrogen and oxygen atoms in total. The predicted octanol–water partition coefficient (Wildman–Crippen LogP) is 4.53. The second kappa shape index (κ2) is 5.73. The van der Waals surface area contributed by atoms with Gasteiger partial charge in [0.15, 0.2) is 0 Å². The number of rotatable bonds is 4. The molecular formula is C12H8ClFO2S2. The molecule has 0 saturated heterocycles. The number of hydrogen-bond acceptors (Lipinski definition) is 3. The first-order valence-corrected chi connectivity index (χ1v) is 7.20. The van der Waals surface area contributed by atoms with Gasteiger partial charge >= 0.3 is 5.97 Å². The van der Waals surface area contributed by atoms with E-state index < -0.39 is 11.8 Å². The zero-order valence-electron chi connectivity index (χ0n) is 9.02. The van der Waals surface area contributed by atoms with Gasteiger partial charge in [-0.25, -0.2) is 9.18 Å². The minimum atomic E-state index is -0.944. The molecule has 2 aromatic rings. The summed E-state index contributed by atoms with van der Waals surface area (Å²) in [6.07, 6.45) is 0. The lowest BCUT2D eigenvalue weighted by molar-refractivity contribution is 0.0702. The number of aromatic carboxylic acids is 1. The smallest absolute Gasteiger partial charge is 0.345 e. The molecule has 94 valence electrons. The number of benzene rings is 1. The van der Waals surface area contributed by atoms with Gasteiger partial charge in [0, 0.05) is 16.0 Å². The molecule has 0 aliphatic heterocycles. The van der Waals surface area contributed by atoms with Gasteiger partial charge in [-0.2, -0.15) is 0 Å². The fourth-order valence-corrected chi connectivity index (χ4v) is 3.37. The number of carbonyl (C=O) groups is 1. The molecule has 0 aliphatic carbocycles. The van der Waals surface area contributed by atoms with E-state index in [1.807, 2.05) is 0 Å². The van der Waals surface area contributed by atoms with Gasteiger partial charge in [0.1, 0.15) is 10.7 Å². The molecule has 0 bridgehead atoms. The van der Waals surface area contributed by atoms with Crippen molar-refractivity contribution in [2.75, 3.05) is 0 Å². The first kappa shape index (κ1) is 13.4. The van der Waals surface area contributed by atoms with E-state index in [0.717, 1.165) is 16.2 Å². The summed E-state index contributed by atoms with van der Waals surface area (Å²) in [5.41, 5.74) is 0.510. The normalized spacial score (nSPS) is 10.6. The van der Waals surface area contributed by atoms with Crippen molar-refractivity contribution in [3.8, 4) is 0 Å². The molecular weight excluding hydrogens is 295 g/mol. The summed E-state index contributed by atoms with van der Waals surface area (Å²) < 4.78 is 13.6. The third-order valence-electron chi connectivity index (χ3n) is 2.21. The molecule has 0 spiro atoms. The Morgan fingerprint density at radius 3 is 2.94 bits per heavy atom. The molecule has 18 heavy (non-hydrogen) atoms. The Hall–Kier alpha value is -1.04. The van der Waals surface area contributed by atoms with Gasteiger partial charge in [0.05, 0.1) is 5.02 Å². The molecule has 0 unspecified atom stereocenters. The largest absolute Gasteiger partial charge is 0.477 e. The van der Waals surface area contributed by atoms with Crippen molar-refractivity contribution >= 4 is 40.7 Å². The van der Waals surface area contributed by atoms with Crippen LogP contribution in [-0.2, 0) is 5.75 Å². The summed E-state index contributed by atoms with van der Waals surface area (Å²) in [7, 11) is 0. The Balaban J connectivity index is 2.07. The molecule has 0 aliphatic rings. The Morgan fingerprint density at radius 2 is 2.28 bits per heavy atom. The zero-order chi connectivity index (χ0) is 13.1. The van der Waals surface area contributed by atoms with E-state index in [0.29, 0.717) is 11.3 Å². The Labute approximate surface area is 116 Å². The summed E-state index contributed by atoms with van der Waals surface area (Å²) in [4.78, 5) is 11.8. The van der Waals surface area contributed by atoms with E-state index in [4.69, 9.17) is 16.7 Å². The quantitative estimate of drug-likeness (QED) is 0.843. The summed E-state index contributed by atoms with van der Waals surface area (Å²) in [5.74, 6) is -0.941. The first-order chi connectivity index (χ1) is 8.58. The fourth-order valence-electron chi connectivity index (χ4n) is 1.33. The van der Waals surface area contributed by atoms with Crippen LogP contribution in [0.4, 0.5) is 4.39 Å². The van der Waals surface area contributed by atoms with Crippen molar-refractivity contribution in [1.82, 2.24) is 0 Å². The average Bonchev–Trinajstić information content (AvgIpc) is 2.80. The van der Waals surface area contributed by atoms with E-state index in [1.165, 1.54) is 17.8 Å². The lowest BCUT2D eigenvalue weighted by Crippen LogP contribution is -1.90. The van der Waals surface area contributed by atoms with Crippen molar-refractivity contribution in [3.63, 3.8) is 0 Å². The van der Waals surface area contributed by atoms with Gasteiger partial charge in [-0.15, -0.1) is 23.1 Å². The molecule has 0 radical (unpaired) electrons.